The molecule has 1 atom stereocenters. The molecule has 1 heterocycles. The first-order valence-electron chi connectivity index (χ1n) is 8.36. The number of carbonyl (C=O) groups excluding carboxylic acids is 1. The first-order chi connectivity index (χ1) is 13.5. The Labute approximate surface area is 175 Å². The lowest BCUT2D eigenvalue weighted by molar-refractivity contribution is 0.0978. The van der Waals surface area contributed by atoms with E-state index in [1.807, 2.05) is 30.5 Å². The predicted molar refractivity (Wildman–Crippen MR) is 112 cm³/mol. The standard InChI is InChI=1S/C21H17BrN2O3S/c1-12-8-14(4-6-16(12)22)20(25)15(10-23)21-24-17(11-28-21)13-5-7-18(26-2)19(9-13)27-3/h4-9,11,15H,1-3H3. The number of ether oxygens (including phenoxy) is 2. The summed E-state index contributed by atoms with van der Waals surface area (Å²) in [4.78, 5) is 17.4. The highest BCUT2D eigenvalue weighted by Crippen LogP contribution is 2.34. The van der Waals surface area contributed by atoms with E-state index in [1.165, 1.54) is 11.3 Å². The number of hydrogen-bond acceptors (Lipinski definition) is 6. The number of methoxy groups -OCH3 is 2. The maximum Gasteiger partial charge on any atom is 0.186 e. The number of nitriles is 1. The van der Waals surface area contributed by atoms with E-state index in [1.54, 1.807) is 32.4 Å². The molecule has 3 rings (SSSR count). The van der Waals surface area contributed by atoms with Crippen molar-refractivity contribution in [3.63, 3.8) is 0 Å². The first kappa shape index (κ1) is 20.1. The third kappa shape index (κ3) is 3.93. The summed E-state index contributed by atoms with van der Waals surface area (Å²) >= 11 is 4.72. The lowest BCUT2D eigenvalue weighted by atomic mass is 9.98. The van der Waals surface area contributed by atoms with Crippen LogP contribution in [0.3, 0.4) is 0 Å². The molecular formula is C21H17BrN2O3S. The van der Waals surface area contributed by atoms with E-state index in [2.05, 4.69) is 27.0 Å². The Balaban J connectivity index is 1.92. The molecule has 0 radical (unpaired) electrons. The Morgan fingerprint density at radius 3 is 2.57 bits per heavy atom. The second-order valence-electron chi connectivity index (χ2n) is 6.03. The minimum absolute atomic E-state index is 0.258. The smallest absolute Gasteiger partial charge is 0.186 e. The minimum Gasteiger partial charge on any atom is -0.493 e. The zero-order valence-corrected chi connectivity index (χ0v) is 17.9. The predicted octanol–water partition coefficient (Wildman–Crippen LogP) is 5.39. The number of benzene rings is 2. The van der Waals surface area contributed by atoms with E-state index in [9.17, 15) is 10.1 Å². The number of halogens is 1. The van der Waals surface area contributed by atoms with E-state index in [0.29, 0.717) is 27.8 Å². The third-order valence-corrected chi connectivity index (χ3v) is 6.08. The van der Waals surface area contributed by atoms with Crippen LogP contribution < -0.4 is 9.47 Å². The molecule has 1 unspecified atom stereocenters. The molecule has 0 aliphatic rings. The van der Waals surface area contributed by atoms with Crippen LogP contribution in [-0.2, 0) is 0 Å². The summed E-state index contributed by atoms with van der Waals surface area (Å²) in [5, 5.41) is 11.9. The van der Waals surface area contributed by atoms with Crippen molar-refractivity contribution in [2.24, 2.45) is 0 Å². The summed E-state index contributed by atoms with van der Waals surface area (Å²) in [5.74, 6) is 0.0102. The van der Waals surface area contributed by atoms with Crippen LogP contribution in [0.4, 0.5) is 0 Å². The Hall–Kier alpha value is -2.69. The van der Waals surface area contributed by atoms with Crippen LogP contribution in [0.1, 0.15) is 26.8 Å². The molecule has 7 heteroatoms. The largest absolute Gasteiger partial charge is 0.493 e. The molecule has 0 amide bonds. The monoisotopic (exact) mass is 456 g/mol. The Bertz CT molecular complexity index is 1070. The van der Waals surface area contributed by atoms with Crippen LogP contribution in [0.15, 0.2) is 46.3 Å². The fraction of sp³-hybridized carbons (Fsp3) is 0.190. The molecule has 0 bridgehead atoms. The van der Waals surface area contributed by atoms with E-state index < -0.39 is 5.92 Å². The van der Waals surface area contributed by atoms with Gasteiger partial charge >= 0.3 is 0 Å². The number of Topliss-reactive ketones (excluding diaryl/α,β-unsaturated/α-hetero) is 1. The molecule has 0 spiro atoms. The van der Waals surface area contributed by atoms with Gasteiger partial charge in [0.1, 0.15) is 5.01 Å². The summed E-state index contributed by atoms with van der Waals surface area (Å²) < 4.78 is 11.5. The summed E-state index contributed by atoms with van der Waals surface area (Å²) in [6.45, 7) is 1.90. The van der Waals surface area contributed by atoms with Gasteiger partial charge in [-0.3, -0.25) is 4.79 Å². The van der Waals surface area contributed by atoms with Gasteiger partial charge in [0.25, 0.3) is 0 Å². The highest BCUT2D eigenvalue weighted by atomic mass is 79.9. The van der Waals surface area contributed by atoms with Crippen molar-refractivity contribution < 1.29 is 14.3 Å². The fourth-order valence-corrected chi connectivity index (χ4v) is 3.85. The van der Waals surface area contributed by atoms with Gasteiger partial charge < -0.3 is 9.47 Å². The van der Waals surface area contributed by atoms with Gasteiger partial charge in [0.15, 0.2) is 23.2 Å². The molecular weight excluding hydrogens is 440 g/mol. The summed E-state index contributed by atoms with van der Waals surface area (Å²) in [6.07, 6.45) is 0. The average molecular weight is 457 g/mol. The van der Waals surface area contributed by atoms with Crippen LogP contribution in [-0.4, -0.2) is 25.0 Å². The summed E-state index contributed by atoms with van der Waals surface area (Å²) in [5.41, 5.74) is 2.94. The van der Waals surface area contributed by atoms with Gasteiger partial charge in [-0.05, 0) is 42.8 Å². The molecule has 0 N–H and O–H groups in total. The zero-order chi connectivity index (χ0) is 20.3. The number of aryl methyl sites for hydroxylation is 1. The molecule has 3 aromatic rings. The Morgan fingerprint density at radius 1 is 1.18 bits per heavy atom. The van der Waals surface area contributed by atoms with Crippen LogP contribution in [0.2, 0.25) is 0 Å². The van der Waals surface area contributed by atoms with Crippen molar-refractivity contribution in [1.29, 1.82) is 5.26 Å². The second kappa shape index (κ2) is 8.55. The number of thiazole rings is 1. The van der Waals surface area contributed by atoms with Crippen LogP contribution >= 0.6 is 27.3 Å². The lowest BCUT2D eigenvalue weighted by Crippen LogP contribution is -2.11. The van der Waals surface area contributed by atoms with Gasteiger partial charge in [-0.2, -0.15) is 5.26 Å². The van der Waals surface area contributed by atoms with E-state index in [-0.39, 0.29) is 5.78 Å². The molecule has 0 aliphatic heterocycles. The summed E-state index contributed by atoms with van der Waals surface area (Å²) in [7, 11) is 3.14. The minimum atomic E-state index is -0.945. The maximum atomic E-state index is 12.9. The Kier molecular flexibility index (Phi) is 6.12. The average Bonchev–Trinajstić information content (AvgIpc) is 3.19. The zero-order valence-electron chi connectivity index (χ0n) is 15.5. The molecule has 0 fully saturated rings. The van der Waals surface area contributed by atoms with E-state index >= 15 is 0 Å². The van der Waals surface area contributed by atoms with Crippen LogP contribution in [0.5, 0.6) is 11.5 Å². The van der Waals surface area contributed by atoms with Gasteiger partial charge in [0.05, 0.1) is 26.0 Å². The van der Waals surface area contributed by atoms with Crippen molar-refractivity contribution in [2.45, 2.75) is 12.8 Å². The van der Waals surface area contributed by atoms with E-state index in [0.717, 1.165) is 15.6 Å². The number of rotatable bonds is 6. The quantitative estimate of drug-likeness (QED) is 0.465. The molecule has 1 aromatic heterocycles. The number of hydrogen-bond donors (Lipinski definition) is 0. The third-order valence-electron chi connectivity index (χ3n) is 4.28. The molecule has 2 aromatic carbocycles. The molecule has 5 nitrogen and oxygen atoms in total. The van der Waals surface area contributed by atoms with Crippen molar-refractivity contribution >= 4 is 33.0 Å². The number of carbonyl (C=O) groups is 1. The molecule has 0 aliphatic carbocycles. The van der Waals surface area contributed by atoms with Crippen molar-refractivity contribution in [3.05, 3.63) is 62.4 Å². The van der Waals surface area contributed by atoms with E-state index in [4.69, 9.17) is 9.47 Å². The van der Waals surface area contributed by atoms with Gasteiger partial charge in [-0.1, -0.05) is 22.0 Å². The Morgan fingerprint density at radius 2 is 1.93 bits per heavy atom. The molecule has 142 valence electrons. The van der Waals surface area contributed by atoms with Crippen LogP contribution in [0, 0.1) is 18.3 Å². The lowest BCUT2D eigenvalue weighted by Gasteiger charge is -2.08. The highest BCUT2D eigenvalue weighted by Gasteiger charge is 2.25. The van der Waals surface area contributed by atoms with Gasteiger partial charge in [0.2, 0.25) is 0 Å². The first-order valence-corrected chi connectivity index (χ1v) is 10.0. The SMILES string of the molecule is COc1ccc(-c2csc(C(C#N)C(=O)c3ccc(Br)c(C)c3)n2)cc1OC. The fourth-order valence-electron chi connectivity index (χ4n) is 2.74. The summed E-state index contributed by atoms with van der Waals surface area (Å²) in [6, 6.07) is 12.9. The van der Waals surface area contributed by atoms with Gasteiger partial charge in [0, 0.05) is 21.0 Å². The van der Waals surface area contributed by atoms with Crippen molar-refractivity contribution in [1.82, 2.24) is 4.98 Å². The van der Waals surface area contributed by atoms with Gasteiger partial charge in [-0.25, -0.2) is 4.98 Å². The van der Waals surface area contributed by atoms with Crippen LogP contribution in [0.25, 0.3) is 11.3 Å². The normalized spacial score (nSPS) is 11.5. The number of ketones is 1. The molecule has 0 saturated carbocycles. The highest BCUT2D eigenvalue weighted by molar-refractivity contribution is 9.10. The topological polar surface area (TPSA) is 72.2 Å². The molecule has 28 heavy (non-hydrogen) atoms. The second-order valence-corrected chi connectivity index (χ2v) is 7.78. The number of aromatic nitrogens is 1. The number of nitrogens with zero attached hydrogens (tertiary/aromatic N) is 2. The van der Waals surface area contributed by atoms with Gasteiger partial charge in [-0.15, -0.1) is 11.3 Å². The van der Waals surface area contributed by atoms with Crippen molar-refractivity contribution in [3.8, 4) is 28.8 Å². The molecule has 0 saturated heterocycles. The maximum absolute atomic E-state index is 12.9. The van der Waals surface area contributed by atoms with Crippen molar-refractivity contribution in [2.75, 3.05) is 14.2 Å².